The van der Waals surface area contributed by atoms with E-state index < -0.39 is 5.41 Å². The van der Waals surface area contributed by atoms with Gasteiger partial charge in [0.05, 0.1) is 16.8 Å². The highest BCUT2D eigenvalue weighted by Crippen LogP contribution is 2.58. The molecule has 0 spiro atoms. The van der Waals surface area contributed by atoms with E-state index in [1.807, 2.05) is 18.2 Å². The van der Waals surface area contributed by atoms with Crippen LogP contribution >= 0.6 is 0 Å². The van der Waals surface area contributed by atoms with Crippen molar-refractivity contribution in [3.8, 4) is 67.3 Å². The van der Waals surface area contributed by atoms with Crippen molar-refractivity contribution in [3.05, 3.63) is 265 Å². The summed E-state index contributed by atoms with van der Waals surface area (Å²) < 4.78 is 0. The van der Waals surface area contributed by atoms with Crippen LogP contribution in [0.2, 0.25) is 0 Å². The monoisotopic (exact) mass is 800 g/mol. The third kappa shape index (κ3) is 6.02. The van der Waals surface area contributed by atoms with Crippen LogP contribution in [-0.4, -0.2) is 9.97 Å². The number of aromatic nitrogens is 2. The number of nitrogens with zero attached hydrogens (tertiary/aromatic N) is 2. The molecule has 0 unspecified atom stereocenters. The van der Waals surface area contributed by atoms with Crippen molar-refractivity contribution in [2.24, 2.45) is 0 Å². The Kier molecular flexibility index (Phi) is 8.76. The number of rotatable bonds is 7. The van der Waals surface area contributed by atoms with Crippen molar-refractivity contribution in [2.45, 2.75) is 5.41 Å². The first kappa shape index (κ1) is 36.6. The highest BCUT2D eigenvalue weighted by atomic mass is 14.9. The highest BCUT2D eigenvalue weighted by Gasteiger charge is 2.47. The molecule has 0 radical (unpaired) electrons. The van der Waals surface area contributed by atoms with E-state index in [1.165, 1.54) is 71.8 Å². The van der Waals surface area contributed by atoms with E-state index in [-0.39, 0.29) is 0 Å². The molecule has 0 bridgehead atoms. The molecular formula is C61H40N2. The lowest BCUT2D eigenvalue weighted by Crippen LogP contribution is -2.29. The van der Waals surface area contributed by atoms with Crippen molar-refractivity contribution in [1.82, 2.24) is 9.97 Å². The fourth-order valence-electron chi connectivity index (χ4n) is 10.1. The van der Waals surface area contributed by atoms with Gasteiger partial charge in [0.2, 0.25) is 0 Å². The summed E-state index contributed by atoms with van der Waals surface area (Å²) in [5, 5.41) is 4.72. The van der Waals surface area contributed by atoms with Crippen LogP contribution in [0.4, 0.5) is 0 Å². The van der Waals surface area contributed by atoms with Gasteiger partial charge in [0.25, 0.3) is 0 Å². The first-order valence-corrected chi connectivity index (χ1v) is 21.6. The molecule has 1 aliphatic carbocycles. The Morgan fingerprint density at radius 2 is 0.810 bits per heavy atom. The van der Waals surface area contributed by atoms with E-state index in [2.05, 4.69) is 224 Å². The maximum Gasteiger partial charge on any atom is 0.160 e. The van der Waals surface area contributed by atoms with E-state index in [1.54, 1.807) is 0 Å². The minimum Gasteiger partial charge on any atom is -0.228 e. The molecular weight excluding hydrogens is 761 g/mol. The molecule has 294 valence electrons. The Morgan fingerprint density at radius 3 is 1.54 bits per heavy atom. The summed E-state index contributed by atoms with van der Waals surface area (Å²) in [7, 11) is 0. The standard InChI is InChI=1S/C61H40N2/c1-4-18-44(19-5-1)60-62-57(46-36-31-41-17-10-11-20-45(41)39-46)40-58(63-60)54-38-37-49(51-25-12-13-26-52(51)54)42-32-34-43(35-33-42)50-28-16-29-55-53-27-14-15-30-56(53)61(59(50)55,47-21-6-2-7-22-47)48-23-8-3-9-24-48/h1-40H. The summed E-state index contributed by atoms with van der Waals surface area (Å²) in [4.78, 5) is 10.4. The molecule has 2 nitrogen and oxygen atoms in total. The van der Waals surface area contributed by atoms with Crippen LogP contribution in [0, 0.1) is 0 Å². The molecule has 0 fully saturated rings. The summed E-state index contributed by atoms with van der Waals surface area (Å²) in [5.74, 6) is 0.707. The summed E-state index contributed by atoms with van der Waals surface area (Å²) in [6.07, 6.45) is 0. The maximum absolute atomic E-state index is 5.25. The Labute approximate surface area is 367 Å². The molecule has 0 aliphatic heterocycles. The van der Waals surface area contributed by atoms with Gasteiger partial charge in [-0.2, -0.15) is 0 Å². The molecule has 1 heterocycles. The fraction of sp³-hybridized carbons (Fsp3) is 0.0164. The zero-order valence-corrected chi connectivity index (χ0v) is 34.5. The van der Waals surface area contributed by atoms with Gasteiger partial charge in [0.1, 0.15) is 0 Å². The maximum atomic E-state index is 5.25. The Balaban J connectivity index is 0.985. The van der Waals surface area contributed by atoms with Gasteiger partial charge in [-0.3, -0.25) is 0 Å². The molecule has 1 aliphatic rings. The molecule has 0 N–H and O–H groups in total. The average molecular weight is 801 g/mol. The van der Waals surface area contributed by atoms with Gasteiger partial charge in [-0.05, 0) is 89.3 Å². The second kappa shape index (κ2) is 15.1. The van der Waals surface area contributed by atoms with E-state index in [0.29, 0.717) is 5.82 Å². The van der Waals surface area contributed by atoms with E-state index in [4.69, 9.17) is 9.97 Å². The number of benzene rings is 10. The van der Waals surface area contributed by atoms with Crippen molar-refractivity contribution >= 4 is 21.5 Å². The quantitative estimate of drug-likeness (QED) is 0.160. The van der Waals surface area contributed by atoms with Crippen molar-refractivity contribution in [1.29, 1.82) is 0 Å². The van der Waals surface area contributed by atoms with Gasteiger partial charge < -0.3 is 0 Å². The molecule has 63 heavy (non-hydrogen) atoms. The van der Waals surface area contributed by atoms with Gasteiger partial charge in [-0.1, -0.05) is 231 Å². The summed E-state index contributed by atoms with van der Waals surface area (Å²) in [6.45, 7) is 0. The normalized spacial score (nSPS) is 12.6. The minimum atomic E-state index is -0.481. The third-order valence-electron chi connectivity index (χ3n) is 13.0. The van der Waals surface area contributed by atoms with Crippen molar-refractivity contribution < 1.29 is 0 Å². The van der Waals surface area contributed by atoms with Crippen LogP contribution in [-0.2, 0) is 5.41 Å². The van der Waals surface area contributed by atoms with Crippen LogP contribution in [0.5, 0.6) is 0 Å². The lowest BCUT2D eigenvalue weighted by atomic mass is 9.66. The first-order valence-electron chi connectivity index (χ1n) is 21.6. The SMILES string of the molecule is c1ccc(-c2nc(-c3ccc4ccccc4c3)cc(-c3ccc(-c4ccc(-c5cccc6c5C(c5ccccc5)(c5ccccc5)c5ccccc5-6)cc4)c4ccccc34)n2)cc1. The van der Waals surface area contributed by atoms with Crippen LogP contribution in [0.3, 0.4) is 0 Å². The lowest BCUT2D eigenvalue weighted by Gasteiger charge is -2.35. The van der Waals surface area contributed by atoms with Crippen LogP contribution in [0.15, 0.2) is 243 Å². The smallest absolute Gasteiger partial charge is 0.160 e. The Bertz CT molecular complexity index is 3440. The van der Waals surface area contributed by atoms with E-state index in [0.717, 1.165) is 33.5 Å². The average Bonchev–Trinajstić information content (AvgIpc) is 3.68. The second-order valence-corrected chi connectivity index (χ2v) is 16.4. The molecule has 2 heteroatoms. The number of fused-ring (bicyclic) bond motifs is 5. The fourth-order valence-corrected chi connectivity index (χ4v) is 10.1. The van der Waals surface area contributed by atoms with Crippen LogP contribution < -0.4 is 0 Å². The molecule has 0 saturated carbocycles. The van der Waals surface area contributed by atoms with Gasteiger partial charge in [-0.25, -0.2) is 9.97 Å². The molecule has 0 atom stereocenters. The highest BCUT2D eigenvalue weighted by molar-refractivity contribution is 6.05. The third-order valence-corrected chi connectivity index (χ3v) is 13.0. The van der Waals surface area contributed by atoms with Crippen LogP contribution in [0.25, 0.3) is 88.8 Å². The zero-order valence-electron chi connectivity index (χ0n) is 34.5. The summed E-state index contributed by atoms with van der Waals surface area (Å²) in [5.41, 5.74) is 17.0. The number of hydrogen-bond donors (Lipinski definition) is 0. The van der Waals surface area contributed by atoms with Gasteiger partial charge >= 0.3 is 0 Å². The first-order chi connectivity index (χ1) is 31.2. The lowest BCUT2D eigenvalue weighted by molar-refractivity contribution is 0.770. The molecule has 11 aromatic rings. The zero-order chi connectivity index (χ0) is 41.7. The molecule has 12 rings (SSSR count). The number of hydrogen-bond acceptors (Lipinski definition) is 2. The predicted molar refractivity (Wildman–Crippen MR) is 262 cm³/mol. The predicted octanol–water partition coefficient (Wildman–Crippen LogP) is 15.5. The minimum absolute atomic E-state index is 0.481. The second-order valence-electron chi connectivity index (χ2n) is 16.4. The summed E-state index contributed by atoms with van der Waals surface area (Å²) >= 11 is 0. The van der Waals surface area contributed by atoms with E-state index >= 15 is 0 Å². The van der Waals surface area contributed by atoms with E-state index in [9.17, 15) is 0 Å². The molecule has 0 amide bonds. The van der Waals surface area contributed by atoms with Gasteiger partial charge in [0.15, 0.2) is 5.82 Å². The molecule has 1 aromatic heterocycles. The molecule has 0 saturated heterocycles. The van der Waals surface area contributed by atoms with Gasteiger partial charge in [0, 0.05) is 16.7 Å². The largest absolute Gasteiger partial charge is 0.228 e. The van der Waals surface area contributed by atoms with Crippen molar-refractivity contribution in [2.75, 3.05) is 0 Å². The molecule has 10 aromatic carbocycles. The Morgan fingerprint density at radius 1 is 0.286 bits per heavy atom. The van der Waals surface area contributed by atoms with Crippen molar-refractivity contribution in [3.63, 3.8) is 0 Å². The Hall–Kier alpha value is -8.20. The van der Waals surface area contributed by atoms with Crippen LogP contribution in [0.1, 0.15) is 22.3 Å². The topological polar surface area (TPSA) is 25.8 Å². The summed E-state index contributed by atoms with van der Waals surface area (Å²) in [6, 6.07) is 87.8. The van der Waals surface area contributed by atoms with Gasteiger partial charge in [-0.15, -0.1) is 0 Å².